The average Bonchev–Trinajstić information content (AvgIpc) is 1.94. The van der Waals surface area contributed by atoms with Crippen LogP contribution in [0.4, 0.5) is 5.82 Å². The molecule has 0 amide bonds. The predicted molar refractivity (Wildman–Crippen MR) is 42.0 cm³/mol. The third-order valence-electron chi connectivity index (χ3n) is 0.937. The lowest BCUT2D eigenvalue weighted by atomic mass is 10.4. The molecular formula is C5H5BrN4. The molecule has 0 atom stereocenters. The van der Waals surface area contributed by atoms with E-state index < -0.39 is 0 Å². The van der Waals surface area contributed by atoms with Crippen LogP contribution in [-0.4, -0.2) is 16.2 Å². The molecule has 0 aromatic carbocycles. The third-order valence-corrected chi connectivity index (χ3v) is 1.32. The van der Waals surface area contributed by atoms with Crippen molar-refractivity contribution in [3.05, 3.63) is 16.5 Å². The summed E-state index contributed by atoms with van der Waals surface area (Å²) in [7, 11) is 0. The summed E-state index contributed by atoms with van der Waals surface area (Å²) in [5.74, 6) is 0.276. The largest absolute Gasteiger partial charge is 0.382 e. The molecule has 1 heterocycles. The van der Waals surface area contributed by atoms with Gasteiger partial charge in [-0.15, -0.1) is 0 Å². The molecule has 10 heavy (non-hydrogen) atoms. The normalized spacial score (nSPS) is 9.30. The number of nitrogen functional groups attached to an aromatic ring is 1. The molecule has 0 fully saturated rings. The highest BCUT2D eigenvalue weighted by atomic mass is 79.9. The van der Waals surface area contributed by atoms with Gasteiger partial charge >= 0.3 is 0 Å². The SMILES string of the molecule is N=Cc1nc(Br)cnc1N. The van der Waals surface area contributed by atoms with Crippen LogP contribution in [0.15, 0.2) is 10.8 Å². The molecule has 1 aromatic rings. The lowest BCUT2D eigenvalue weighted by molar-refractivity contribution is 1.16. The van der Waals surface area contributed by atoms with Gasteiger partial charge in [-0.1, -0.05) is 0 Å². The minimum atomic E-state index is 0.276. The first kappa shape index (κ1) is 7.14. The molecule has 0 bridgehead atoms. The molecule has 0 aliphatic carbocycles. The summed E-state index contributed by atoms with van der Waals surface area (Å²) < 4.78 is 0.584. The Balaban J connectivity index is 3.21. The molecule has 3 N–H and O–H groups in total. The van der Waals surface area contributed by atoms with Crippen molar-refractivity contribution in [1.29, 1.82) is 5.41 Å². The summed E-state index contributed by atoms with van der Waals surface area (Å²) in [4.78, 5) is 7.64. The molecule has 5 heteroatoms. The van der Waals surface area contributed by atoms with Crippen LogP contribution in [0.1, 0.15) is 5.69 Å². The van der Waals surface area contributed by atoms with E-state index in [1.165, 1.54) is 6.20 Å². The Morgan fingerprint density at radius 2 is 2.40 bits per heavy atom. The summed E-state index contributed by atoms with van der Waals surface area (Å²) in [5.41, 5.74) is 5.74. The van der Waals surface area contributed by atoms with Crippen molar-refractivity contribution >= 4 is 28.0 Å². The van der Waals surface area contributed by atoms with E-state index in [1.807, 2.05) is 0 Å². The molecule has 0 saturated heterocycles. The first-order valence-electron chi connectivity index (χ1n) is 2.52. The van der Waals surface area contributed by atoms with Crippen LogP contribution in [0, 0.1) is 5.41 Å². The first-order chi connectivity index (χ1) is 4.74. The Hall–Kier alpha value is -0.970. The van der Waals surface area contributed by atoms with Gasteiger partial charge in [-0.2, -0.15) is 0 Å². The van der Waals surface area contributed by atoms with E-state index in [0.717, 1.165) is 6.21 Å². The zero-order chi connectivity index (χ0) is 7.56. The number of halogens is 1. The fraction of sp³-hybridized carbons (Fsp3) is 0. The Bertz CT molecular complexity index is 260. The Morgan fingerprint density at radius 1 is 1.70 bits per heavy atom. The zero-order valence-electron chi connectivity index (χ0n) is 5.00. The van der Waals surface area contributed by atoms with Gasteiger partial charge in [0, 0.05) is 6.21 Å². The second kappa shape index (κ2) is 2.74. The lowest BCUT2D eigenvalue weighted by Gasteiger charge is -1.95. The number of nitrogens with zero attached hydrogens (tertiary/aromatic N) is 2. The van der Waals surface area contributed by atoms with E-state index in [-0.39, 0.29) is 5.82 Å². The highest BCUT2D eigenvalue weighted by molar-refractivity contribution is 9.10. The monoisotopic (exact) mass is 200 g/mol. The maximum Gasteiger partial charge on any atom is 0.151 e. The Labute approximate surface area is 66.1 Å². The highest BCUT2D eigenvalue weighted by Crippen LogP contribution is 2.07. The maximum absolute atomic E-state index is 6.85. The molecule has 0 spiro atoms. The fourth-order valence-corrected chi connectivity index (χ4v) is 0.790. The van der Waals surface area contributed by atoms with Crippen LogP contribution in [0.5, 0.6) is 0 Å². The molecule has 0 aliphatic heterocycles. The first-order valence-corrected chi connectivity index (χ1v) is 3.32. The maximum atomic E-state index is 6.85. The average molecular weight is 201 g/mol. The van der Waals surface area contributed by atoms with E-state index in [1.54, 1.807) is 0 Å². The number of rotatable bonds is 1. The molecule has 0 aliphatic rings. The Kier molecular flexibility index (Phi) is 1.96. The van der Waals surface area contributed by atoms with Crippen molar-refractivity contribution in [3.63, 3.8) is 0 Å². The second-order valence-electron chi connectivity index (χ2n) is 1.61. The van der Waals surface area contributed by atoms with Gasteiger partial charge in [0.05, 0.1) is 6.20 Å². The smallest absolute Gasteiger partial charge is 0.151 e. The van der Waals surface area contributed by atoms with Crippen molar-refractivity contribution in [2.45, 2.75) is 0 Å². The number of hydrogen-bond acceptors (Lipinski definition) is 4. The topological polar surface area (TPSA) is 75.7 Å². The fourth-order valence-electron chi connectivity index (χ4n) is 0.496. The van der Waals surface area contributed by atoms with E-state index in [2.05, 4.69) is 25.9 Å². The molecule has 4 nitrogen and oxygen atoms in total. The van der Waals surface area contributed by atoms with Crippen molar-refractivity contribution in [2.24, 2.45) is 0 Å². The van der Waals surface area contributed by atoms with Crippen LogP contribution in [0.25, 0.3) is 0 Å². The van der Waals surface area contributed by atoms with Gasteiger partial charge in [0.2, 0.25) is 0 Å². The Morgan fingerprint density at radius 3 is 2.90 bits per heavy atom. The zero-order valence-corrected chi connectivity index (χ0v) is 6.59. The van der Waals surface area contributed by atoms with E-state index >= 15 is 0 Å². The lowest BCUT2D eigenvalue weighted by Crippen LogP contribution is -1.99. The molecule has 0 unspecified atom stereocenters. The van der Waals surface area contributed by atoms with Crippen molar-refractivity contribution in [3.8, 4) is 0 Å². The molecule has 0 saturated carbocycles. The van der Waals surface area contributed by atoms with Crippen molar-refractivity contribution in [2.75, 3.05) is 5.73 Å². The molecule has 0 radical (unpaired) electrons. The van der Waals surface area contributed by atoms with Gasteiger partial charge in [0.15, 0.2) is 5.82 Å². The van der Waals surface area contributed by atoms with E-state index in [4.69, 9.17) is 11.1 Å². The number of anilines is 1. The summed E-state index contributed by atoms with van der Waals surface area (Å²) in [6, 6.07) is 0. The number of nitrogens with one attached hydrogen (secondary N) is 1. The van der Waals surface area contributed by atoms with Crippen LogP contribution in [0.2, 0.25) is 0 Å². The van der Waals surface area contributed by atoms with Gasteiger partial charge in [-0.25, -0.2) is 9.97 Å². The van der Waals surface area contributed by atoms with Gasteiger partial charge in [0.25, 0.3) is 0 Å². The molecule has 1 aromatic heterocycles. The van der Waals surface area contributed by atoms with Crippen LogP contribution >= 0.6 is 15.9 Å². The number of hydrogen-bond donors (Lipinski definition) is 2. The molecule has 1 rings (SSSR count). The molecular weight excluding hydrogens is 196 g/mol. The van der Waals surface area contributed by atoms with E-state index in [0.29, 0.717) is 10.3 Å². The predicted octanol–water partition coefficient (Wildman–Crippen LogP) is 0.819. The van der Waals surface area contributed by atoms with Crippen molar-refractivity contribution in [1.82, 2.24) is 9.97 Å². The van der Waals surface area contributed by atoms with Crippen LogP contribution in [0.3, 0.4) is 0 Å². The summed E-state index contributed by atoms with van der Waals surface area (Å²) in [6.07, 6.45) is 2.55. The minimum Gasteiger partial charge on any atom is -0.382 e. The third kappa shape index (κ3) is 1.30. The van der Waals surface area contributed by atoms with Crippen LogP contribution < -0.4 is 5.73 Å². The molecule has 52 valence electrons. The van der Waals surface area contributed by atoms with Gasteiger partial charge in [0.1, 0.15) is 10.3 Å². The summed E-state index contributed by atoms with van der Waals surface area (Å²) >= 11 is 3.10. The summed E-state index contributed by atoms with van der Waals surface area (Å²) in [6.45, 7) is 0. The van der Waals surface area contributed by atoms with Crippen LogP contribution in [-0.2, 0) is 0 Å². The second-order valence-corrected chi connectivity index (χ2v) is 2.42. The van der Waals surface area contributed by atoms with Crippen molar-refractivity contribution < 1.29 is 0 Å². The standard InChI is InChI=1S/C5H5BrN4/c6-4-2-9-5(8)3(1-7)10-4/h1-2,7H,(H2,8,9). The quantitative estimate of drug-likeness (QED) is 0.660. The van der Waals surface area contributed by atoms with Gasteiger partial charge < -0.3 is 11.1 Å². The minimum absolute atomic E-state index is 0.276. The van der Waals surface area contributed by atoms with Gasteiger partial charge in [-0.3, -0.25) is 0 Å². The van der Waals surface area contributed by atoms with E-state index in [9.17, 15) is 0 Å². The number of aromatic nitrogens is 2. The summed E-state index contributed by atoms with van der Waals surface area (Å²) in [5, 5.41) is 6.85. The number of nitrogens with two attached hydrogens (primary N) is 1. The highest BCUT2D eigenvalue weighted by Gasteiger charge is 1.97. The van der Waals surface area contributed by atoms with Gasteiger partial charge in [-0.05, 0) is 15.9 Å².